The van der Waals surface area contributed by atoms with E-state index in [-0.39, 0.29) is 5.56 Å². The molecule has 0 spiro atoms. The number of aryl methyl sites for hydroxylation is 1. The van der Waals surface area contributed by atoms with Crippen molar-refractivity contribution in [3.8, 4) is 0 Å². The summed E-state index contributed by atoms with van der Waals surface area (Å²) in [6.07, 6.45) is 1.80. The van der Waals surface area contributed by atoms with Gasteiger partial charge in [0.05, 0.1) is 5.52 Å². The summed E-state index contributed by atoms with van der Waals surface area (Å²) in [4.78, 5) is 19.4. The molecule has 4 nitrogen and oxygen atoms in total. The van der Waals surface area contributed by atoms with Crippen LogP contribution in [0.2, 0.25) is 0 Å². The molecule has 0 atom stereocenters. The quantitative estimate of drug-likeness (QED) is 0.870. The molecule has 0 unspecified atom stereocenters. The minimum absolute atomic E-state index is 0.0156. The molecule has 0 aliphatic carbocycles. The highest BCUT2D eigenvalue weighted by atomic mass is 16.1. The number of rotatable bonds is 2. The maximum absolute atomic E-state index is 11.9. The van der Waals surface area contributed by atoms with Gasteiger partial charge in [-0.1, -0.05) is 27.7 Å². The Kier molecular flexibility index (Phi) is 4.49. The molecule has 0 amide bonds. The normalized spacial score (nSPS) is 10.5. The second kappa shape index (κ2) is 5.66. The molecule has 2 rings (SSSR count). The van der Waals surface area contributed by atoms with Gasteiger partial charge < -0.3 is 9.55 Å². The zero-order chi connectivity index (χ0) is 13.0. The van der Waals surface area contributed by atoms with Crippen molar-refractivity contribution in [3.63, 3.8) is 0 Å². The largest absolute Gasteiger partial charge is 0.342 e. The van der Waals surface area contributed by atoms with Crippen LogP contribution in [0.5, 0.6) is 0 Å². The number of hydrogen-bond donors (Lipinski definition) is 1. The first-order chi connectivity index (χ1) is 8.13. The van der Waals surface area contributed by atoms with Gasteiger partial charge in [-0.15, -0.1) is 0 Å². The highest BCUT2D eigenvalue weighted by Gasteiger charge is 2.09. The van der Waals surface area contributed by atoms with E-state index >= 15 is 0 Å². The lowest BCUT2D eigenvalue weighted by molar-refractivity contribution is 0.733. The van der Waals surface area contributed by atoms with Crippen LogP contribution in [0.15, 0.2) is 17.1 Å². The van der Waals surface area contributed by atoms with Crippen LogP contribution in [0.3, 0.4) is 0 Å². The Morgan fingerprint density at radius 3 is 2.59 bits per heavy atom. The number of aromatic nitrogens is 3. The van der Waals surface area contributed by atoms with Gasteiger partial charge in [0, 0.05) is 18.7 Å². The third-order valence-electron chi connectivity index (χ3n) is 2.52. The molecule has 0 saturated carbocycles. The van der Waals surface area contributed by atoms with E-state index in [1.54, 1.807) is 10.8 Å². The average Bonchev–Trinajstić information content (AvgIpc) is 2.77. The van der Waals surface area contributed by atoms with Crippen LogP contribution in [0, 0.1) is 0 Å². The maximum atomic E-state index is 11.9. The van der Waals surface area contributed by atoms with E-state index in [0.29, 0.717) is 18.0 Å². The number of pyridine rings is 1. The minimum atomic E-state index is -0.0156. The summed E-state index contributed by atoms with van der Waals surface area (Å²) in [6, 6.07) is 1.90. The van der Waals surface area contributed by atoms with Crippen LogP contribution in [-0.2, 0) is 6.54 Å². The van der Waals surface area contributed by atoms with Crippen LogP contribution in [0.4, 0.5) is 0 Å². The topological polar surface area (TPSA) is 50.7 Å². The molecule has 1 N–H and O–H groups in total. The molecule has 0 aliphatic heterocycles. The van der Waals surface area contributed by atoms with E-state index in [4.69, 9.17) is 0 Å². The molecule has 0 fully saturated rings. The third kappa shape index (κ3) is 2.57. The average molecular weight is 235 g/mol. The van der Waals surface area contributed by atoms with Crippen molar-refractivity contribution >= 4 is 11.0 Å². The summed E-state index contributed by atoms with van der Waals surface area (Å²) >= 11 is 0. The van der Waals surface area contributed by atoms with E-state index in [9.17, 15) is 4.79 Å². The Hall–Kier alpha value is -1.58. The molecule has 0 aliphatic rings. The fourth-order valence-corrected chi connectivity index (χ4v) is 1.58. The first-order valence-corrected chi connectivity index (χ1v) is 6.22. The van der Waals surface area contributed by atoms with Gasteiger partial charge in [-0.25, -0.2) is 4.98 Å². The fourth-order valence-electron chi connectivity index (χ4n) is 1.58. The summed E-state index contributed by atoms with van der Waals surface area (Å²) < 4.78 is 1.66. The van der Waals surface area contributed by atoms with E-state index < -0.39 is 0 Å². The van der Waals surface area contributed by atoms with Crippen LogP contribution in [0.1, 0.15) is 46.4 Å². The molecular formula is C13H21N3O. The number of nitrogens with one attached hydrogen (secondary N) is 1. The van der Waals surface area contributed by atoms with Gasteiger partial charge in [0.15, 0.2) is 5.52 Å². The predicted octanol–water partition coefficient (Wildman–Crippen LogP) is 2.89. The lowest BCUT2D eigenvalue weighted by atomic mass is 10.2. The second-order valence-electron chi connectivity index (χ2n) is 3.95. The number of aromatic amines is 1. The van der Waals surface area contributed by atoms with Crippen LogP contribution < -0.4 is 5.56 Å². The van der Waals surface area contributed by atoms with Crippen LogP contribution in [-0.4, -0.2) is 14.5 Å². The molecule has 2 heterocycles. The van der Waals surface area contributed by atoms with Crippen molar-refractivity contribution in [2.45, 2.75) is 47.1 Å². The van der Waals surface area contributed by atoms with Gasteiger partial charge in [-0.05, 0) is 13.0 Å². The maximum Gasteiger partial charge on any atom is 0.278 e. The first-order valence-electron chi connectivity index (χ1n) is 6.22. The van der Waals surface area contributed by atoms with Crippen molar-refractivity contribution in [1.82, 2.24) is 14.5 Å². The van der Waals surface area contributed by atoms with E-state index in [0.717, 1.165) is 11.3 Å². The van der Waals surface area contributed by atoms with Crippen molar-refractivity contribution in [1.29, 1.82) is 0 Å². The van der Waals surface area contributed by atoms with Crippen LogP contribution >= 0.6 is 0 Å². The van der Waals surface area contributed by atoms with E-state index in [1.807, 2.05) is 26.8 Å². The monoisotopic (exact) mass is 235 g/mol. The molecule has 0 bridgehead atoms. The van der Waals surface area contributed by atoms with Gasteiger partial charge in [-0.3, -0.25) is 4.79 Å². The number of fused-ring (bicyclic) bond motifs is 1. The van der Waals surface area contributed by atoms with Crippen molar-refractivity contribution in [2.75, 3.05) is 0 Å². The van der Waals surface area contributed by atoms with Gasteiger partial charge in [0.1, 0.15) is 5.82 Å². The van der Waals surface area contributed by atoms with Crippen molar-refractivity contribution in [3.05, 3.63) is 28.4 Å². The highest BCUT2D eigenvalue weighted by Crippen LogP contribution is 2.13. The number of hydrogen-bond acceptors (Lipinski definition) is 2. The zero-order valence-corrected chi connectivity index (χ0v) is 11.2. The lowest BCUT2D eigenvalue weighted by Crippen LogP contribution is -2.18. The van der Waals surface area contributed by atoms with Crippen molar-refractivity contribution < 1.29 is 0 Å². The molecule has 0 radical (unpaired) electrons. The SMILES string of the molecule is CC.CCn1ccc2[nH]c(C(C)C)nc2c1=O. The summed E-state index contributed by atoms with van der Waals surface area (Å²) in [5, 5.41) is 0. The standard InChI is InChI=1S/C11H15N3O.C2H6/c1-4-14-6-5-8-9(11(14)15)13-10(12-8)7(2)3;1-2/h5-7H,4H2,1-3H3,(H,12,13);1-2H3. The number of imidazole rings is 1. The Labute approximate surface area is 102 Å². The van der Waals surface area contributed by atoms with Crippen molar-refractivity contribution in [2.24, 2.45) is 0 Å². The van der Waals surface area contributed by atoms with Gasteiger partial charge >= 0.3 is 0 Å². The molecule has 17 heavy (non-hydrogen) atoms. The summed E-state index contributed by atoms with van der Waals surface area (Å²) in [7, 11) is 0. The molecular weight excluding hydrogens is 214 g/mol. The highest BCUT2D eigenvalue weighted by molar-refractivity contribution is 5.73. The van der Waals surface area contributed by atoms with E-state index in [2.05, 4.69) is 23.8 Å². The Morgan fingerprint density at radius 2 is 2.06 bits per heavy atom. The molecule has 4 heteroatoms. The van der Waals surface area contributed by atoms with Gasteiger partial charge in [0.2, 0.25) is 0 Å². The molecule has 2 aromatic heterocycles. The molecule has 0 aromatic carbocycles. The molecule has 94 valence electrons. The van der Waals surface area contributed by atoms with Gasteiger partial charge in [0.25, 0.3) is 5.56 Å². The van der Waals surface area contributed by atoms with E-state index in [1.165, 1.54) is 0 Å². The smallest absolute Gasteiger partial charge is 0.278 e. The summed E-state index contributed by atoms with van der Waals surface area (Å²) in [5.41, 5.74) is 1.36. The Balaban J connectivity index is 0.000000686. The molecule has 2 aromatic rings. The Morgan fingerprint density at radius 1 is 1.41 bits per heavy atom. The second-order valence-corrected chi connectivity index (χ2v) is 3.95. The van der Waals surface area contributed by atoms with Gasteiger partial charge in [-0.2, -0.15) is 0 Å². The zero-order valence-electron chi connectivity index (χ0n) is 11.2. The minimum Gasteiger partial charge on any atom is -0.342 e. The number of H-pyrrole nitrogens is 1. The summed E-state index contributed by atoms with van der Waals surface area (Å²) in [6.45, 7) is 10.7. The first kappa shape index (κ1) is 13.5. The lowest BCUT2D eigenvalue weighted by Gasteiger charge is -1.98. The fraction of sp³-hybridized carbons (Fsp3) is 0.538. The predicted molar refractivity (Wildman–Crippen MR) is 71.5 cm³/mol. The number of nitrogens with zero attached hydrogens (tertiary/aromatic N) is 2. The third-order valence-corrected chi connectivity index (χ3v) is 2.52. The van der Waals surface area contributed by atoms with Crippen LogP contribution in [0.25, 0.3) is 11.0 Å². The molecule has 0 saturated heterocycles. The summed E-state index contributed by atoms with van der Waals surface area (Å²) in [5.74, 6) is 1.18. The Bertz CT molecular complexity index is 537.